The molecular weight excluding hydrogens is 232 g/mol. The van der Waals surface area contributed by atoms with E-state index < -0.39 is 0 Å². The summed E-state index contributed by atoms with van der Waals surface area (Å²) >= 11 is 1.75. The van der Waals surface area contributed by atoms with Gasteiger partial charge in [0.2, 0.25) is 0 Å². The van der Waals surface area contributed by atoms with Crippen LogP contribution in [-0.2, 0) is 6.54 Å². The highest BCUT2D eigenvalue weighted by molar-refractivity contribution is 7.09. The van der Waals surface area contributed by atoms with E-state index in [1.54, 1.807) is 11.3 Å². The van der Waals surface area contributed by atoms with Crippen molar-refractivity contribution in [2.24, 2.45) is 5.92 Å². The van der Waals surface area contributed by atoms with Gasteiger partial charge in [-0.1, -0.05) is 0 Å². The second-order valence-electron chi connectivity index (χ2n) is 5.15. The van der Waals surface area contributed by atoms with E-state index in [-0.39, 0.29) is 0 Å². The Morgan fingerprint density at radius 2 is 2.12 bits per heavy atom. The number of aliphatic hydroxyl groups excluding tert-OH is 1. The summed E-state index contributed by atoms with van der Waals surface area (Å²) in [5.41, 5.74) is 1.13. The van der Waals surface area contributed by atoms with E-state index in [2.05, 4.69) is 22.3 Å². The number of hydrogen-bond donors (Lipinski definition) is 1. The lowest BCUT2D eigenvalue weighted by Gasteiger charge is -2.33. The molecule has 0 aromatic carbocycles. The Hall–Kier alpha value is -0.450. The maximum absolute atomic E-state index is 9.13. The normalized spacial score (nSPS) is 25.4. The molecule has 0 bridgehead atoms. The van der Waals surface area contributed by atoms with Crippen LogP contribution in [0, 0.1) is 12.8 Å². The second-order valence-corrected chi connectivity index (χ2v) is 6.10. The minimum atomic E-state index is 0.363. The molecular formula is C13H22N2OS. The molecule has 1 heterocycles. The molecule has 4 heteroatoms. The van der Waals surface area contributed by atoms with Gasteiger partial charge in [0.15, 0.2) is 0 Å². The summed E-state index contributed by atoms with van der Waals surface area (Å²) in [6.45, 7) is 3.38. The summed E-state index contributed by atoms with van der Waals surface area (Å²) < 4.78 is 0. The number of aliphatic hydroxyl groups is 1. The molecule has 1 saturated carbocycles. The zero-order chi connectivity index (χ0) is 12.3. The van der Waals surface area contributed by atoms with E-state index in [1.807, 2.05) is 6.92 Å². The fourth-order valence-electron chi connectivity index (χ4n) is 2.59. The van der Waals surface area contributed by atoms with Crippen molar-refractivity contribution in [3.8, 4) is 0 Å². The van der Waals surface area contributed by atoms with Crippen LogP contribution in [0.25, 0.3) is 0 Å². The van der Waals surface area contributed by atoms with Gasteiger partial charge < -0.3 is 5.11 Å². The van der Waals surface area contributed by atoms with E-state index in [4.69, 9.17) is 5.11 Å². The lowest BCUT2D eigenvalue weighted by molar-refractivity contribution is 0.124. The topological polar surface area (TPSA) is 36.4 Å². The fraction of sp³-hybridized carbons (Fsp3) is 0.769. The molecule has 0 atom stereocenters. The fourth-order valence-corrected chi connectivity index (χ4v) is 3.42. The largest absolute Gasteiger partial charge is 0.396 e. The molecule has 1 aromatic heterocycles. The predicted octanol–water partition coefficient (Wildman–Crippen LogP) is 2.43. The molecule has 96 valence electrons. The van der Waals surface area contributed by atoms with E-state index in [0.29, 0.717) is 18.6 Å². The van der Waals surface area contributed by atoms with Gasteiger partial charge in [0, 0.05) is 23.7 Å². The molecule has 0 aliphatic heterocycles. The van der Waals surface area contributed by atoms with Gasteiger partial charge in [-0.15, -0.1) is 11.3 Å². The van der Waals surface area contributed by atoms with E-state index in [1.165, 1.54) is 30.7 Å². The maximum Gasteiger partial charge on any atom is 0.107 e. The number of thiazole rings is 1. The van der Waals surface area contributed by atoms with Gasteiger partial charge in [-0.05, 0) is 45.6 Å². The predicted molar refractivity (Wildman–Crippen MR) is 71.1 cm³/mol. The molecule has 3 nitrogen and oxygen atoms in total. The van der Waals surface area contributed by atoms with Crippen LogP contribution in [0.2, 0.25) is 0 Å². The molecule has 1 fully saturated rings. The first-order valence-corrected chi connectivity index (χ1v) is 7.29. The lowest BCUT2D eigenvalue weighted by Crippen LogP contribution is -2.35. The van der Waals surface area contributed by atoms with Crippen LogP contribution < -0.4 is 0 Å². The van der Waals surface area contributed by atoms with Gasteiger partial charge >= 0.3 is 0 Å². The Labute approximate surface area is 107 Å². The van der Waals surface area contributed by atoms with Crippen LogP contribution >= 0.6 is 11.3 Å². The monoisotopic (exact) mass is 254 g/mol. The number of nitrogens with zero attached hydrogens (tertiary/aromatic N) is 2. The molecule has 1 aliphatic rings. The van der Waals surface area contributed by atoms with Crippen molar-refractivity contribution >= 4 is 11.3 Å². The Bertz CT molecular complexity index is 345. The first-order valence-electron chi connectivity index (χ1n) is 6.41. The van der Waals surface area contributed by atoms with Crippen molar-refractivity contribution in [1.29, 1.82) is 0 Å². The zero-order valence-corrected chi connectivity index (χ0v) is 11.5. The first-order chi connectivity index (χ1) is 8.19. The van der Waals surface area contributed by atoms with Crippen molar-refractivity contribution in [3.05, 3.63) is 16.1 Å². The number of aryl methyl sites for hydroxylation is 1. The van der Waals surface area contributed by atoms with Crippen molar-refractivity contribution < 1.29 is 5.11 Å². The number of rotatable bonds is 4. The third-order valence-corrected chi connectivity index (χ3v) is 4.70. The highest BCUT2D eigenvalue weighted by atomic mass is 32.1. The molecule has 2 rings (SSSR count). The Balaban J connectivity index is 1.82. The second kappa shape index (κ2) is 5.94. The summed E-state index contributed by atoms with van der Waals surface area (Å²) in [4.78, 5) is 6.94. The first kappa shape index (κ1) is 13.0. The average molecular weight is 254 g/mol. The van der Waals surface area contributed by atoms with E-state index in [9.17, 15) is 0 Å². The molecule has 0 saturated heterocycles. The highest BCUT2D eigenvalue weighted by Crippen LogP contribution is 2.27. The van der Waals surface area contributed by atoms with Crippen LogP contribution in [0.1, 0.15) is 36.4 Å². The van der Waals surface area contributed by atoms with Gasteiger partial charge in [-0.25, -0.2) is 4.98 Å². The van der Waals surface area contributed by atoms with Crippen LogP contribution in [0.15, 0.2) is 5.38 Å². The van der Waals surface area contributed by atoms with Gasteiger partial charge in [0.05, 0.1) is 6.54 Å². The van der Waals surface area contributed by atoms with Crippen molar-refractivity contribution in [2.45, 2.75) is 45.2 Å². The molecule has 1 aromatic rings. The number of hydrogen-bond acceptors (Lipinski definition) is 4. The molecule has 0 unspecified atom stereocenters. The van der Waals surface area contributed by atoms with Gasteiger partial charge in [0.1, 0.15) is 5.01 Å². The average Bonchev–Trinajstić information content (AvgIpc) is 2.75. The molecule has 1 aliphatic carbocycles. The molecule has 0 spiro atoms. The van der Waals surface area contributed by atoms with E-state index in [0.717, 1.165) is 12.2 Å². The van der Waals surface area contributed by atoms with Crippen molar-refractivity contribution in [1.82, 2.24) is 9.88 Å². The van der Waals surface area contributed by atoms with Gasteiger partial charge in [-0.2, -0.15) is 0 Å². The van der Waals surface area contributed by atoms with Gasteiger partial charge in [0.25, 0.3) is 0 Å². The Morgan fingerprint density at radius 3 is 2.65 bits per heavy atom. The molecule has 1 N–H and O–H groups in total. The smallest absolute Gasteiger partial charge is 0.107 e. The summed E-state index contributed by atoms with van der Waals surface area (Å²) in [6, 6.07) is 0.669. The van der Waals surface area contributed by atoms with Crippen LogP contribution in [0.5, 0.6) is 0 Å². The molecule has 0 radical (unpaired) electrons. The lowest BCUT2D eigenvalue weighted by atomic mass is 9.86. The molecule has 17 heavy (non-hydrogen) atoms. The van der Waals surface area contributed by atoms with E-state index >= 15 is 0 Å². The Morgan fingerprint density at radius 1 is 1.41 bits per heavy atom. The summed E-state index contributed by atoms with van der Waals surface area (Å²) in [5.74, 6) is 0.543. The van der Waals surface area contributed by atoms with Crippen molar-refractivity contribution in [2.75, 3.05) is 13.7 Å². The maximum atomic E-state index is 9.13. The Kier molecular flexibility index (Phi) is 4.54. The summed E-state index contributed by atoms with van der Waals surface area (Å²) in [6.07, 6.45) is 4.77. The third-order valence-electron chi connectivity index (χ3n) is 3.75. The summed E-state index contributed by atoms with van der Waals surface area (Å²) in [5, 5.41) is 12.5. The number of aromatic nitrogens is 1. The zero-order valence-electron chi connectivity index (χ0n) is 10.7. The minimum Gasteiger partial charge on any atom is -0.396 e. The van der Waals surface area contributed by atoms with Crippen LogP contribution in [0.4, 0.5) is 0 Å². The van der Waals surface area contributed by atoms with Crippen LogP contribution in [-0.4, -0.2) is 34.7 Å². The highest BCUT2D eigenvalue weighted by Gasteiger charge is 2.23. The van der Waals surface area contributed by atoms with Gasteiger partial charge in [-0.3, -0.25) is 4.90 Å². The SMILES string of the molecule is Cc1csc(CN(C)C2CCC(CO)CC2)n1. The minimum absolute atomic E-state index is 0.363. The summed E-state index contributed by atoms with van der Waals surface area (Å²) in [7, 11) is 2.20. The molecule has 0 amide bonds. The standard InChI is InChI=1S/C13H22N2OS/c1-10-9-17-13(14-10)7-15(2)12-5-3-11(8-16)4-6-12/h9,11-12,16H,3-8H2,1-2H3. The third kappa shape index (κ3) is 3.50. The van der Waals surface area contributed by atoms with Crippen LogP contribution in [0.3, 0.4) is 0 Å². The van der Waals surface area contributed by atoms with Crippen molar-refractivity contribution in [3.63, 3.8) is 0 Å². The quantitative estimate of drug-likeness (QED) is 0.896.